The largest absolute Gasteiger partial charge is 0.462 e. The van der Waals surface area contributed by atoms with Gasteiger partial charge in [0.15, 0.2) is 5.01 Å². The molecule has 0 spiro atoms. The van der Waals surface area contributed by atoms with E-state index in [2.05, 4.69) is 15.5 Å². The average molecular weight is 361 g/mol. The van der Waals surface area contributed by atoms with Gasteiger partial charge >= 0.3 is 5.97 Å². The second kappa shape index (κ2) is 6.85. The fourth-order valence-corrected chi connectivity index (χ4v) is 3.87. The highest BCUT2D eigenvalue weighted by molar-refractivity contribution is 7.26. The number of para-hydroxylation sites is 1. The summed E-state index contributed by atoms with van der Waals surface area (Å²) in [6.07, 6.45) is 0. The molecule has 124 valence electrons. The van der Waals surface area contributed by atoms with Gasteiger partial charge < -0.3 is 21.5 Å². The number of nitrogen functional groups attached to an aromatic ring is 2. The number of anilines is 4. The lowest BCUT2D eigenvalue weighted by molar-refractivity contribution is 0.0529. The van der Waals surface area contributed by atoms with E-state index in [0.717, 1.165) is 5.69 Å². The summed E-state index contributed by atoms with van der Waals surface area (Å²) >= 11 is 2.53. The van der Waals surface area contributed by atoms with Crippen LogP contribution in [-0.4, -0.2) is 22.8 Å². The summed E-state index contributed by atoms with van der Waals surface area (Å²) < 4.78 is 4.99. The number of rotatable bonds is 5. The van der Waals surface area contributed by atoms with Crippen molar-refractivity contribution in [1.29, 1.82) is 0 Å². The lowest BCUT2D eigenvalue weighted by Gasteiger charge is -2.01. The number of hydrogen-bond donors (Lipinski definition) is 3. The van der Waals surface area contributed by atoms with Crippen LogP contribution in [0.1, 0.15) is 17.3 Å². The molecule has 0 unspecified atom stereocenters. The van der Waals surface area contributed by atoms with Gasteiger partial charge in [0.1, 0.15) is 10.6 Å². The van der Waals surface area contributed by atoms with E-state index in [1.165, 1.54) is 22.7 Å². The summed E-state index contributed by atoms with van der Waals surface area (Å²) in [7, 11) is 0. The molecule has 2 heterocycles. The minimum atomic E-state index is -0.526. The zero-order valence-corrected chi connectivity index (χ0v) is 14.4. The average Bonchev–Trinajstić information content (AvgIpc) is 3.13. The van der Waals surface area contributed by atoms with Gasteiger partial charge in [-0.05, 0) is 19.1 Å². The quantitative estimate of drug-likeness (QED) is 0.597. The first-order valence-corrected chi connectivity index (χ1v) is 8.74. The number of carbonyl (C=O) groups excluding carboxylic acids is 1. The van der Waals surface area contributed by atoms with Gasteiger partial charge in [-0.25, -0.2) is 4.79 Å². The van der Waals surface area contributed by atoms with Crippen molar-refractivity contribution in [2.45, 2.75) is 6.92 Å². The number of nitrogens with two attached hydrogens (primary N) is 2. The van der Waals surface area contributed by atoms with Crippen molar-refractivity contribution in [1.82, 2.24) is 10.2 Å². The number of benzene rings is 1. The van der Waals surface area contributed by atoms with Crippen LogP contribution in [0, 0.1) is 0 Å². The van der Waals surface area contributed by atoms with Crippen molar-refractivity contribution in [3.63, 3.8) is 0 Å². The lowest BCUT2D eigenvalue weighted by atomic mass is 10.2. The number of carbonyl (C=O) groups is 1. The fourth-order valence-electron chi connectivity index (χ4n) is 2.05. The van der Waals surface area contributed by atoms with E-state index in [0.29, 0.717) is 20.0 Å². The molecule has 0 saturated heterocycles. The van der Waals surface area contributed by atoms with Gasteiger partial charge in [-0.1, -0.05) is 29.5 Å². The molecule has 9 heteroatoms. The number of nitrogens with one attached hydrogen (secondary N) is 1. The first kappa shape index (κ1) is 16.2. The van der Waals surface area contributed by atoms with Crippen LogP contribution >= 0.6 is 22.7 Å². The van der Waals surface area contributed by atoms with Crippen LogP contribution in [0.4, 0.5) is 21.5 Å². The zero-order chi connectivity index (χ0) is 17.1. The summed E-state index contributed by atoms with van der Waals surface area (Å²) in [5, 5.41) is 12.9. The first-order valence-electron chi connectivity index (χ1n) is 7.11. The van der Waals surface area contributed by atoms with E-state index in [9.17, 15) is 4.79 Å². The molecule has 7 nitrogen and oxygen atoms in total. The number of ether oxygens (including phenoxy) is 1. The number of aromatic nitrogens is 2. The van der Waals surface area contributed by atoms with E-state index < -0.39 is 5.97 Å². The monoisotopic (exact) mass is 361 g/mol. The van der Waals surface area contributed by atoms with E-state index in [-0.39, 0.29) is 17.9 Å². The third kappa shape index (κ3) is 3.17. The maximum atomic E-state index is 12.0. The van der Waals surface area contributed by atoms with E-state index in [1.807, 2.05) is 30.3 Å². The van der Waals surface area contributed by atoms with E-state index in [4.69, 9.17) is 16.2 Å². The lowest BCUT2D eigenvalue weighted by Crippen LogP contribution is -2.08. The normalized spacial score (nSPS) is 10.5. The molecule has 3 rings (SSSR count). The van der Waals surface area contributed by atoms with Crippen molar-refractivity contribution in [2.24, 2.45) is 0 Å². The second-order valence-electron chi connectivity index (χ2n) is 4.71. The minimum Gasteiger partial charge on any atom is -0.462 e. The predicted octanol–water partition coefficient (Wildman–Crippen LogP) is 3.35. The molecular weight excluding hydrogens is 346 g/mol. The molecule has 0 aliphatic rings. The number of hydrogen-bond acceptors (Lipinski definition) is 9. The smallest absolute Gasteiger partial charge is 0.343 e. The predicted molar refractivity (Wildman–Crippen MR) is 97.7 cm³/mol. The van der Waals surface area contributed by atoms with Crippen LogP contribution in [-0.2, 0) is 4.74 Å². The van der Waals surface area contributed by atoms with Crippen molar-refractivity contribution in [3.8, 4) is 9.88 Å². The Kier molecular flexibility index (Phi) is 4.63. The van der Waals surface area contributed by atoms with Gasteiger partial charge in [-0.15, -0.1) is 21.5 Å². The van der Waals surface area contributed by atoms with Gasteiger partial charge in [0.2, 0.25) is 5.13 Å². The van der Waals surface area contributed by atoms with E-state index >= 15 is 0 Å². The number of esters is 1. The number of nitrogens with zero attached hydrogens (tertiary/aromatic N) is 2. The van der Waals surface area contributed by atoms with Gasteiger partial charge in [-0.3, -0.25) is 0 Å². The highest BCUT2D eigenvalue weighted by Gasteiger charge is 2.24. The van der Waals surface area contributed by atoms with Gasteiger partial charge in [0.05, 0.1) is 17.2 Å². The molecule has 0 aliphatic heterocycles. The molecule has 2 aromatic heterocycles. The molecule has 3 aromatic rings. The maximum Gasteiger partial charge on any atom is 0.343 e. The van der Waals surface area contributed by atoms with Crippen LogP contribution in [0.25, 0.3) is 9.88 Å². The van der Waals surface area contributed by atoms with Crippen LogP contribution in [0.15, 0.2) is 30.3 Å². The summed E-state index contributed by atoms with van der Waals surface area (Å²) in [4.78, 5) is 12.6. The zero-order valence-electron chi connectivity index (χ0n) is 12.8. The second-order valence-corrected chi connectivity index (χ2v) is 6.74. The Morgan fingerprint density at radius 1 is 1.21 bits per heavy atom. The van der Waals surface area contributed by atoms with Crippen LogP contribution < -0.4 is 16.8 Å². The summed E-state index contributed by atoms with van der Waals surface area (Å²) in [6.45, 7) is 1.98. The maximum absolute atomic E-state index is 12.0. The summed E-state index contributed by atoms with van der Waals surface area (Å²) in [6, 6.07) is 9.64. The molecular formula is C15H15N5O2S2. The van der Waals surface area contributed by atoms with Gasteiger partial charge in [0.25, 0.3) is 0 Å². The molecule has 5 N–H and O–H groups in total. The van der Waals surface area contributed by atoms with Crippen LogP contribution in [0.2, 0.25) is 0 Å². The minimum absolute atomic E-state index is 0.199. The van der Waals surface area contributed by atoms with Crippen molar-refractivity contribution < 1.29 is 9.53 Å². The molecule has 0 atom stereocenters. The highest BCUT2D eigenvalue weighted by Crippen LogP contribution is 2.43. The summed E-state index contributed by atoms with van der Waals surface area (Å²) in [5.74, 6) is -0.526. The highest BCUT2D eigenvalue weighted by atomic mass is 32.1. The molecule has 0 radical (unpaired) electrons. The van der Waals surface area contributed by atoms with Gasteiger partial charge in [-0.2, -0.15) is 0 Å². The Morgan fingerprint density at radius 3 is 2.67 bits per heavy atom. The molecule has 0 bridgehead atoms. The Labute approximate surface area is 146 Å². The fraction of sp³-hybridized carbons (Fsp3) is 0.133. The number of thiophene rings is 1. The van der Waals surface area contributed by atoms with Crippen LogP contribution in [0.3, 0.4) is 0 Å². The Hall–Kier alpha value is -2.65. The van der Waals surface area contributed by atoms with Crippen molar-refractivity contribution in [2.75, 3.05) is 23.4 Å². The molecule has 1 aromatic carbocycles. The Balaban J connectivity index is 1.88. The van der Waals surface area contributed by atoms with Crippen molar-refractivity contribution in [3.05, 3.63) is 35.9 Å². The third-order valence-electron chi connectivity index (χ3n) is 3.10. The molecule has 0 amide bonds. The molecule has 0 aliphatic carbocycles. The van der Waals surface area contributed by atoms with Crippen molar-refractivity contribution >= 4 is 50.2 Å². The Morgan fingerprint density at radius 2 is 1.96 bits per heavy atom. The molecule has 0 fully saturated rings. The topological polar surface area (TPSA) is 116 Å². The van der Waals surface area contributed by atoms with E-state index in [1.54, 1.807) is 6.92 Å². The van der Waals surface area contributed by atoms with Gasteiger partial charge in [0, 0.05) is 5.69 Å². The standard InChI is InChI=1S/C15H15N5O2S2/c1-2-22-14(21)9-10(16)11(23-12(9)17)13-19-20-15(24-13)18-8-6-4-3-5-7-8/h3-7H,2,16-17H2,1H3,(H,18,20). The molecule has 24 heavy (non-hydrogen) atoms. The van der Waals surface area contributed by atoms with Crippen LogP contribution in [0.5, 0.6) is 0 Å². The SMILES string of the molecule is CCOC(=O)c1c(N)sc(-c2nnc(Nc3ccccc3)s2)c1N. The molecule has 0 saturated carbocycles. The summed E-state index contributed by atoms with van der Waals surface area (Å²) in [5.41, 5.74) is 13.4. The third-order valence-corrected chi connectivity index (χ3v) is 5.12. The first-order chi connectivity index (χ1) is 11.6. The Bertz CT molecular complexity index is 860.